The number of rotatable bonds is 4. The van der Waals surface area contributed by atoms with Gasteiger partial charge in [0.15, 0.2) is 11.5 Å². The SMILES string of the molecule is CNC1CCCN(Cc2cn[nH]c2-c2ccc3c(c2)OCCO3)C1.Cl. The van der Waals surface area contributed by atoms with E-state index < -0.39 is 0 Å². The van der Waals surface area contributed by atoms with Gasteiger partial charge in [-0.1, -0.05) is 0 Å². The summed E-state index contributed by atoms with van der Waals surface area (Å²) in [5.41, 5.74) is 3.39. The fourth-order valence-corrected chi connectivity index (χ4v) is 3.56. The standard InChI is InChI=1S/C18H24N4O2.ClH/c1-19-15-3-2-6-22(12-15)11-14-10-20-21-18(14)13-4-5-16-17(9-13)24-8-7-23-16;/h4-5,9-10,15,19H,2-3,6-8,11-12H2,1H3,(H,20,21);1H. The fraction of sp³-hybridized carbons (Fsp3) is 0.500. The molecule has 1 saturated heterocycles. The molecule has 2 aliphatic heterocycles. The number of benzene rings is 1. The van der Waals surface area contributed by atoms with E-state index in [-0.39, 0.29) is 12.4 Å². The highest BCUT2D eigenvalue weighted by Gasteiger charge is 2.21. The minimum atomic E-state index is 0. The highest BCUT2D eigenvalue weighted by atomic mass is 35.5. The molecule has 0 radical (unpaired) electrons. The maximum absolute atomic E-state index is 5.70. The third-order valence-corrected chi connectivity index (χ3v) is 4.86. The predicted molar refractivity (Wildman–Crippen MR) is 99.6 cm³/mol. The average Bonchev–Trinajstić information content (AvgIpc) is 3.09. The molecule has 1 unspecified atom stereocenters. The second-order valence-corrected chi connectivity index (χ2v) is 6.49. The molecule has 4 rings (SSSR count). The summed E-state index contributed by atoms with van der Waals surface area (Å²) in [6.07, 6.45) is 4.44. The summed E-state index contributed by atoms with van der Waals surface area (Å²) >= 11 is 0. The van der Waals surface area contributed by atoms with Crippen molar-refractivity contribution in [3.8, 4) is 22.8 Å². The third kappa shape index (κ3) is 3.92. The number of nitrogens with one attached hydrogen (secondary N) is 2. The zero-order valence-electron chi connectivity index (χ0n) is 14.5. The largest absolute Gasteiger partial charge is 0.486 e. The molecule has 2 aromatic rings. The number of aromatic amines is 1. The number of aromatic nitrogens is 2. The summed E-state index contributed by atoms with van der Waals surface area (Å²) in [6, 6.07) is 6.67. The van der Waals surface area contributed by atoms with Gasteiger partial charge in [0.25, 0.3) is 0 Å². The number of hydrogen-bond acceptors (Lipinski definition) is 5. The number of nitrogens with zero attached hydrogens (tertiary/aromatic N) is 2. The molecule has 2 aliphatic rings. The van der Waals surface area contributed by atoms with Crippen LogP contribution in [0.15, 0.2) is 24.4 Å². The molecule has 0 spiro atoms. The van der Waals surface area contributed by atoms with Crippen LogP contribution in [-0.2, 0) is 6.54 Å². The molecule has 6 nitrogen and oxygen atoms in total. The molecule has 2 N–H and O–H groups in total. The Morgan fingerprint density at radius 2 is 2.12 bits per heavy atom. The molecule has 1 aromatic heterocycles. The van der Waals surface area contributed by atoms with E-state index in [4.69, 9.17) is 9.47 Å². The number of fused-ring (bicyclic) bond motifs is 1. The number of hydrogen-bond donors (Lipinski definition) is 2. The maximum Gasteiger partial charge on any atom is 0.162 e. The van der Waals surface area contributed by atoms with Crippen LogP contribution < -0.4 is 14.8 Å². The van der Waals surface area contributed by atoms with E-state index in [1.165, 1.54) is 18.4 Å². The van der Waals surface area contributed by atoms with Gasteiger partial charge < -0.3 is 14.8 Å². The van der Waals surface area contributed by atoms with Gasteiger partial charge in [-0.2, -0.15) is 5.10 Å². The van der Waals surface area contributed by atoms with Crippen molar-refractivity contribution in [3.63, 3.8) is 0 Å². The van der Waals surface area contributed by atoms with Gasteiger partial charge in [0.1, 0.15) is 13.2 Å². The predicted octanol–water partition coefficient (Wildman–Crippen LogP) is 2.45. The van der Waals surface area contributed by atoms with Gasteiger partial charge in [-0.3, -0.25) is 10.00 Å². The minimum Gasteiger partial charge on any atom is -0.486 e. The Hall–Kier alpha value is -1.76. The fourth-order valence-electron chi connectivity index (χ4n) is 3.56. The van der Waals surface area contributed by atoms with E-state index in [9.17, 15) is 0 Å². The molecule has 0 aliphatic carbocycles. The Labute approximate surface area is 154 Å². The van der Waals surface area contributed by atoms with Crippen LogP contribution >= 0.6 is 12.4 Å². The quantitative estimate of drug-likeness (QED) is 0.872. The van der Waals surface area contributed by atoms with Crippen LogP contribution in [0.5, 0.6) is 11.5 Å². The van der Waals surface area contributed by atoms with Crippen LogP contribution in [0, 0.1) is 0 Å². The van der Waals surface area contributed by atoms with Crippen molar-refractivity contribution in [1.82, 2.24) is 20.4 Å². The van der Waals surface area contributed by atoms with Crippen molar-refractivity contribution < 1.29 is 9.47 Å². The zero-order chi connectivity index (χ0) is 16.4. The van der Waals surface area contributed by atoms with E-state index in [0.29, 0.717) is 19.3 Å². The van der Waals surface area contributed by atoms with Gasteiger partial charge in [0.2, 0.25) is 0 Å². The first-order valence-corrected chi connectivity index (χ1v) is 8.65. The van der Waals surface area contributed by atoms with Gasteiger partial charge in [0.05, 0.1) is 11.9 Å². The van der Waals surface area contributed by atoms with E-state index in [1.807, 2.05) is 25.4 Å². The summed E-state index contributed by atoms with van der Waals surface area (Å²) in [4.78, 5) is 2.50. The minimum absolute atomic E-state index is 0. The van der Waals surface area contributed by atoms with E-state index in [2.05, 4.69) is 26.5 Å². The Bertz CT molecular complexity index is 706. The Morgan fingerprint density at radius 3 is 2.96 bits per heavy atom. The molecule has 1 fully saturated rings. The van der Waals surface area contributed by atoms with Crippen molar-refractivity contribution >= 4 is 12.4 Å². The summed E-state index contributed by atoms with van der Waals surface area (Å²) in [7, 11) is 2.05. The Kier molecular flexibility index (Phi) is 5.83. The van der Waals surface area contributed by atoms with Crippen molar-refractivity contribution in [2.45, 2.75) is 25.4 Å². The highest BCUT2D eigenvalue weighted by molar-refractivity contribution is 5.85. The molecule has 0 amide bonds. The van der Waals surface area contributed by atoms with Crippen LogP contribution in [-0.4, -0.2) is 54.5 Å². The topological polar surface area (TPSA) is 62.4 Å². The van der Waals surface area contributed by atoms with Crippen LogP contribution in [0.1, 0.15) is 18.4 Å². The monoisotopic (exact) mass is 364 g/mol. The molecular weight excluding hydrogens is 340 g/mol. The van der Waals surface area contributed by atoms with Crippen molar-refractivity contribution in [2.75, 3.05) is 33.4 Å². The zero-order valence-corrected chi connectivity index (χ0v) is 15.3. The molecular formula is C18H25ClN4O2. The molecule has 1 atom stereocenters. The van der Waals surface area contributed by atoms with Gasteiger partial charge in [-0.25, -0.2) is 0 Å². The lowest BCUT2D eigenvalue weighted by Crippen LogP contribution is -2.43. The number of halogens is 1. The van der Waals surface area contributed by atoms with Crippen molar-refractivity contribution in [1.29, 1.82) is 0 Å². The van der Waals surface area contributed by atoms with Crippen LogP contribution in [0.4, 0.5) is 0 Å². The van der Waals surface area contributed by atoms with Gasteiger partial charge in [-0.15, -0.1) is 12.4 Å². The van der Waals surface area contributed by atoms with Crippen molar-refractivity contribution in [2.24, 2.45) is 0 Å². The average molecular weight is 365 g/mol. The molecule has 1 aromatic carbocycles. The number of likely N-dealkylation sites (tertiary alicyclic amines) is 1. The van der Waals surface area contributed by atoms with Gasteiger partial charge in [0, 0.05) is 30.3 Å². The molecule has 0 saturated carbocycles. The summed E-state index contributed by atoms with van der Waals surface area (Å²) in [5.74, 6) is 1.63. The van der Waals surface area contributed by atoms with Crippen LogP contribution in [0.2, 0.25) is 0 Å². The maximum atomic E-state index is 5.70. The highest BCUT2D eigenvalue weighted by Crippen LogP contribution is 2.35. The molecule has 0 bridgehead atoms. The summed E-state index contributed by atoms with van der Waals surface area (Å²) < 4.78 is 11.3. The number of ether oxygens (including phenoxy) is 2. The lowest BCUT2D eigenvalue weighted by Gasteiger charge is -2.32. The van der Waals surface area contributed by atoms with Crippen LogP contribution in [0.3, 0.4) is 0 Å². The van der Waals surface area contributed by atoms with Crippen LogP contribution in [0.25, 0.3) is 11.3 Å². The van der Waals surface area contributed by atoms with E-state index in [0.717, 1.165) is 42.4 Å². The first kappa shape index (κ1) is 18.0. The smallest absolute Gasteiger partial charge is 0.162 e. The number of piperidine rings is 1. The first-order valence-electron chi connectivity index (χ1n) is 8.65. The van der Waals surface area contributed by atoms with Crippen molar-refractivity contribution in [3.05, 3.63) is 30.0 Å². The second-order valence-electron chi connectivity index (χ2n) is 6.49. The molecule has 25 heavy (non-hydrogen) atoms. The molecule has 3 heterocycles. The molecule has 136 valence electrons. The molecule has 7 heteroatoms. The number of likely N-dealkylation sites (N-methyl/N-ethyl adjacent to an activating group) is 1. The normalized spacial score (nSPS) is 20.1. The number of H-pyrrole nitrogens is 1. The van der Waals surface area contributed by atoms with E-state index >= 15 is 0 Å². The Morgan fingerprint density at radius 1 is 1.28 bits per heavy atom. The first-order chi connectivity index (χ1) is 11.8. The van der Waals surface area contributed by atoms with E-state index in [1.54, 1.807) is 0 Å². The van der Waals surface area contributed by atoms with Gasteiger partial charge >= 0.3 is 0 Å². The summed E-state index contributed by atoms with van der Waals surface area (Å²) in [5, 5.41) is 10.8. The summed E-state index contributed by atoms with van der Waals surface area (Å²) in [6.45, 7) is 4.36. The third-order valence-electron chi connectivity index (χ3n) is 4.86. The lowest BCUT2D eigenvalue weighted by atomic mass is 10.0. The second kappa shape index (κ2) is 8.08. The Balaban J connectivity index is 0.00000182. The lowest BCUT2D eigenvalue weighted by molar-refractivity contribution is 0.171. The van der Waals surface area contributed by atoms with Gasteiger partial charge in [-0.05, 0) is 44.6 Å².